The van der Waals surface area contributed by atoms with E-state index in [0.717, 1.165) is 39.5 Å². The minimum absolute atomic E-state index is 0.0897. The molecule has 0 unspecified atom stereocenters. The third kappa shape index (κ3) is 5.66. The van der Waals surface area contributed by atoms with E-state index in [9.17, 15) is 4.79 Å². The smallest absolute Gasteiger partial charge is 0.234 e. The van der Waals surface area contributed by atoms with Gasteiger partial charge < -0.3 is 9.64 Å². The molecule has 37 heavy (non-hydrogen) atoms. The zero-order chi connectivity index (χ0) is 25.6. The van der Waals surface area contributed by atoms with E-state index in [0.29, 0.717) is 19.7 Å². The van der Waals surface area contributed by atoms with E-state index in [-0.39, 0.29) is 11.8 Å². The summed E-state index contributed by atoms with van der Waals surface area (Å²) < 4.78 is 7.53. The SMILES string of the molecule is COCCN(CCc1csc2nc(-c3ccc(C)cc3)cn12)C(=O)C(c1ccccc1)c1ccccc1. The maximum absolute atomic E-state index is 14.0. The normalized spacial score (nSPS) is 11.3. The lowest BCUT2D eigenvalue weighted by atomic mass is 9.90. The highest BCUT2D eigenvalue weighted by atomic mass is 32.1. The highest BCUT2D eigenvalue weighted by molar-refractivity contribution is 7.15. The van der Waals surface area contributed by atoms with Crippen LogP contribution in [0.3, 0.4) is 0 Å². The number of fused-ring (bicyclic) bond motifs is 1. The number of carbonyl (C=O) groups excluding carboxylic acids is 1. The van der Waals surface area contributed by atoms with Crippen LogP contribution in [0.25, 0.3) is 16.2 Å². The van der Waals surface area contributed by atoms with Gasteiger partial charge in [0.2, 0.25) is 5.91 Å². The number of imidazole rings is 1. The first-order valence-corrected chi connectivity index (χ1v) is 13.4. The van der Waals surface area contributed by atoms with E-state index in [1.165, 1.54) is 5.56 Å². The van der Waals surface area contributed by atoms with Crippen LogP contribution in [0.15, 0.2) is 96.5 Å². The van der Waals surface area contributed by atoms with Crippen molar-refractivity contribution in [3.8, 4) is 11.3 Å². The van der Waals surface area contributed by atoms with E-state index in [1.54, 1.807) is 18.4 Å². The number of ether oxygens (including phenoxy) is 1. The van der Waals surface area contributed by atoms with Crippen molar-refractivity contribution in [2.75, 3.05) is 26.8 Å². The summed E-state index contributed by atoms with van der Waals surface area (Å²) in [5, 5.41) is 2.14. The van der Waals surface area contributed by atoms with Crippen LogP contribution in [0, 0.1) is 6.92 Å². The highest BCUT2D eigenvalue weighted by Crippen LogP contribution is 2.28. The van der Waals surface area contributed by atoms with Gasteiger partial charge in [0.15, 0.2) is 4.96 Å². The number of benzene rings is 3. The maximum atomic E-state index is 14.0. The van der Waals surface area contributed by atoms with Gasteiger partial charge in [-0.15, -0.1) is 11.3 Å². The first kappa shape index (κ1) is 24.9. The van der Waals surface area contributed by atoms with Gasteiger partial charge in [-0.1, -0.05) is 90.5 Å². The summed E-state index contributed by atoms with van der Waals surface area (Å²) >= 11 is 1.63. The third-order valence-corrected chi connectivity index (χ3v) is 7.55. The molecule has 0 aliphatic carbocycles. The molecule has 188 valence electrons. The van der Waals surface area contributed by atoms with E-state index < -0.39 is 0 Å². The second-order valence-electron chi connectivity index (χ2n) is 9.19. The van der Waals surface area contributed by atoms with Gasteiger partial charge in [-0.3, -0.25) is 9.20 Å². The van der Waals surface area contributed by atoms with Crippen molar-refractivity contribution in [1.29, 1.82) is 0 Å². The van der Waals surface area contributed by atoms with E-state index in [1.807, 2.05) is 65.6 Å². The number of hydrogen-bond acceptors (Lipinski definition) is 4. The zero-order valence-electron chi connectivity index (χ0n) is 21.2. The van der Waals surface area contributed by atoms with Gasteiger partial charge in [-0.05, 0) is 18.1 Å². The van der Waals surface area contributed by atoms with Crippen molar-refractivity contribution in [2.45, 2.75) is 19.3 Å². The summed E-state index contributed by atoms with van der Waals surface area (Å²) in [6, 6.07) is 28.5. The summed E-state index contributed by atoms with van der Waals surface area (Å²) in [6.45, 7) is 3.72. The summed E-state index contributed by atoms with van der Waals surface area (Å²) in [6.07, 6.45) is 2.83. The third-order valence-electron chi connectivity index (χ3n) is 6.66. The van der Waals surface area contributed by atoms with Gasteiger partial charge in [0.05, 0.1) is 18.2 Å². The lowest BCUT2D eigenvalue weighted by Crippen LogP contribution is -2.39. The predicted octanol–water partition coefficient (Wildman–Crippen LogP) is 6.22. The first-order chi connectivity index (χ1) is 18.1. The van der Waals surface area contributed by atoms with Gasteiger partial charge in [0, 0.05) is 49.5 Å². The maximum Gasteiger partial charge on any atom is 0.234 e. The summed E-state index contributed by atoms with van der Waals surface area (Å²) in [5.41, 5.74) is 6.45. The van der Waals surface area contributed by atoms with Crippen molar-refractivity contribution in [2.24, 2.45) is 0 Å². The zero-order valence-corrected chi connectivity index (χ0v) is 22.0. The number of rotatable bonds is 10. The van der Waals surface area contributed by atoms with Crippen LogP contribution in [0.5, 0.6) is 0 Å². The average molecular weight is 510 g/mol. The lowest BCUT2D eigenvalue weighted by Gasteiger charge is -2.28. The molecule has 3 aromatic carbocycles. The molecule has 0 saturated heterocycles. The standard InChI is InChI=1S/C31H31N3O2S/c1-23-13-15-24(16-14-23)28-21-34-27(22-37-31(34)32-28)17-18-33(19-20-36-2)30(35)29(25-9-5-3-6-10-25)26-11-7-4-8-12-26/h3-16,21-22,29H,17-20H2,1-2H3. The Labute approximate surface area is 222 Å². The molecule has 0 aliphatic rings. The Bertz CT molecular complexity index is 1400. The van der Waals surface area contributed by atoms with Crippen molar-refractivity contribution in [1.82, 2.24) is 14.3 Å². The molecule has 0 bridgehead atoms. The van der Waals surface area contributed by atoms with Crippen molar-refractivity contribution < 1.29 is 9.53 Å². The molecule has 0 fully saturated rings. The molecule has 2 aromatic heterocycles. The summed E-state index contributed by atoms with van der Waals surface area (Å²) in [4.78, 5) is 21.8. The Balaban J connectivity index is 1.39. The van der Waals surface area contributed by atoms with Crippen LogP contribution >= 0.6 is 11.3 Å². The van der Waals surface area contributed by atoms with Crippen molar-refractivity contribution in [3.63, 3.8) is 0 Å². The molecule has 0 N–H and O–H groups in total. The van der Waals surface area contributed by atoms with Crippen LogP contribution in [-0.2, 0) is 16.0 Å². The number of nitrogens with zero attached hydrogens (tertiary/aromatic N) is 3. The van der Waals surface area contributed by atoms with Crippen molar-refractivity contribution in [3.05, 3.63) is 119 Å². The van der Waals surface area contributed by atoms with E-state index in [2.05, 4.69) is 47.2 Å². The minimum Gasteiger partial charge on any atom is -0.383 e. The second kappa shape index (κ2) is 11.5. The number of methoxy groups -OCH3 is 1. The Morgan fingerprint density at radius 2 is 1.59 bits per heavy atom. The van der Waals surface area contributed by atoms with Crippen LogP contribution in [-0.4, -0.2) is 47.0 Å². The van der Waals surface area contributed by atoms with Gasteiger partial charge in [0.1, 0.15) is 0 Å². The molecule has 5 rings (SSSR count). The molecule has 0 atom stereocenters. The fraction of sp³-hybridized carbons (Fsp3) is 0.226. The van der Waals surface area contributed by atoms with Crippen molar-refractivity contribution >= 4 is 22.2 Å². The Kier molecular flexibility index (Phi) is 7.78. The Hall–Kier alpha value is -3.74. The van der Waals surface area contributed by atoms with Gasteiger partial charge in [0.25, 0.3) is 0 Å². The number of carbonyl (C=O) groups is 1. The highest BCUT2D eigenvalue weighted by Gasteiger charge is 2.27. The second-order valence-corrected chi connectivity index (χ2v) is 10.0. The summed E-state index contributed by atoms with van der Waals surface area (Å²) in [5.74, 6) is -0.268. The topological polar surface area (TPSA) is 46.8 Å². The predicted molar refractivity (Wildman–Crippen MR) is 150 cm³/mol. The Morgan fingerprint density at radius 3 is 2.22 bits per heavy atom. The summed E-state index contributed by atoms with van der Waals surface area (Å²) in [7, 11) is 1.68. The van der Waals surface area contributed by atoms with Gasteiger partial charge in [-0.25, -0.2) is 4.98 Å². The first-order valence-electron chi connectivity index (χ1n) is 12.5. The lowest BCUT2D eigenvalue weighted by molar-refractivity contribution is -0.132. The molecule has 0 aliphatic heterocycles. The Morgan fingerprint density at radius 1 is 0.946 bits per heavy atom. The molecular formula is C31H31N3O2S. The molecule has 1 amide bonds. The fourth-order valence-corrected chi connectivity index (χ4v) is 5.51. The van der Waals surface area contributed by atoms with Crippen LogP contribution in [0.2, 0.25) is 0 Å². The molecule has 0 spiro atoms. The van der Waals surface area contributed by atoms with Crippen LogP contribution < -0.4 is 0 Å². The average Bonchev–Trinajstić information content (AvgIpc) is 3.52. The van der Waals surface area contributed by atoms with Crippen LogP contribution in [0.4, 0.5) is 0 Å². The van der Waals surface area contributed by atoms with Crippen LogP contribution in [0.1, 0.15) is 28.3 Å². The molecule has 5 nitrogen and oxygen atoms in total. The minimum atomic E-state index is -0.358. The molecule has 2 heterocycles. The number of thiazole rings is 1. The molecular weight excluding hydrogens is 478 g/mol. The van der Waals surface area contributed by atoms with Gasteiger partial charge >= 0.3 is 0 Å². The van der Waals surface area contributed by atoms with E-state index in [4.69, 9.17) is 9.72 Å². The largest absolute Gasteiger partial charge is 0.383 e. The monoisotopic (exact) mass is 509 g/mol. The van der Waals surface area contributed by atoms with E-state index >= 15 is 0 Å². The number of aromatic nitrogens is 2. The molecule has 6 heteroatoms. The molecule has 5 aromatic rings. The molecule has 0 saturated carbocycles. The molecule has 0 radical (unpaired) electrons. The van der Waals surface area contributed by atoms with Gasteiger partial charge in [-0.2, -0.15) is 0 Å². The quantitative estimate of drug-likeness (QED) is 0.225. The fourth-order valence-electron chi connectivity index (χ4n) is 4.61. The number of amides is 1. The number of hydrogen-bond donors (Lipinski definition) is 0. The number of aryl methyl sites for hydroxylation is 1.